The maximum absolute atomic E-state index is 11.4. The van der Waals surface area contributed by atoms with Crippen molar-refractivity contribution in [2.24, 2.45) is 0 Å². The zero-order valence-corrected chi connectivity index (χ0v) is 14.7. The quantitative estimate of drug-likeness (QED) is 0.783. The van der Waals surface area contributed by atoms with Gasteiger partial charge in [0.15, 0.2) is 11.5 Å². The third-order valence-corrected chi connectivity index (χ3v) is 3.52. The first kappa shape index (κ1) is 18.3. The van der Waals surface area contributed by atoms with Gasteiger partial charge in [-0.1, -0.05) is 0 Å². The number of fused-ring (bicyclic) bond motifs is 1. The first-order valence-corrected chi connectivity index (χ1v) is 7.83. The molecule has 0 aliphatic heterocycles. The fourth-order valence-electron chi connectivity index (χ4n) is 2.25. The molecule has 0 saturated heterocycles. The zero-order chi connectivity index (χ0) is 17.9. The van der Waals surface area contributed by atoms with Crippen molar-refractivity contribution in [3.05, 3.63) is 34.7 Å². The van der Waals surface area contributed by atoms with Gasteiger partial charge in [0.1, 0.15) is 18.3 Å². The van der Waals surface area contributed by atoms with E-state index >= 15 is 0 Å². The van der Waals surface area contributed by atoms with Crippen molar-refractivity contribution in [2.75, 3.05) is 13.7 Å². The Hall–Kier alpha value is -2.05. The van der Waals surface area contributed by atoms with Crippen LogP contribution in [-0.2, 0) is 4.74 Å². The Balaban J connectivity index is 2.28. The topological polar surface area (TPSA) is 78.1 Å². The smallest absolute Gasteiger partial charge is 0.336 e. The lowest BCUT2D eigenvalue weighted by Gasteiger charge is -2.31. The van der Waals surface area contributed by atoms with Crippen LogP contribution in [0.5, 0.6) is 11.5 Å². The van der Waals surface area contributed by atoms with Crippen molar-refractivity contribution in [3.8, 4) is 11.5 Å². The van der Waals surface area contributed by atoms with Crippen molar-refractivity contribution < 1.29 is 23.7 Å². The van der Waals surface area contributed by atoms with Crippen LogP contribution in [0, 0.1) is 0 Å². The second-order valence-electron chi connectivity index (χ2n) is 6.43. The van der Waals surface area contributed by atoms with Crippen molar-refractivity contribution >= 4 is 11.0 Å². The Morgan fingerprint density at radius 2 is 1.92 bits per heavy atom. The number of hydrogen-bond donors (Lipinski definition) is 1. The molecule has 132 valence electrons. The SMILES string of the molecule is COc1cc2ccc(=O)oc2cc1OCC(OC(C)C)C(C)(C)O. The van der Waals surface area contributed by atoms with E-state index < -0.39 is 17.3 Å². The van der Waals surface area contributed by atoms with Crippen LogP contribution in [-0.4, -0.2) is 36.6 Å². The average Bonchev–Trinajstić information content (AvgIpc) is 2.49. The third kappa shape index (κ3) is 4.49. The van der Waals surface area contributed by atoms with Crippen LogP contribution in [0.2, 0.25) is 0 Å². The summed E-state index contributed by atoms with van der Waals surface area (Å²) in [6.07, 6.45) is -0.581. The highest BCUT2D eigenvalue weighted by atomic mass is 16.6. The van der Waals surface area contributed by atoms with Gasteiger partial charge in [-0.25, -0.2) is 4.79 Å². The minimum Gasteiger partial charge on any atom is -0.493 e. The molecular weight excluding hydrogens is 312 g/mol. The van der Waals surface area contributed by atoms with Crippen molar-refractivity contribution in [3.63, 3.8) is 0 Å². The summed E-state index contributed by atoms with van der Waals surface area (Å²) in [4.78, 5) is 11.4. The molecule has 0 radical (unpaired) electrons. The Bertz CT molecular complexity index is 741. The van der Waals surface area contributed by atoms with E-state index in [9.17, 15) is 9.90 Å². The summed E-state index contributed by atoms with van der Waals surface area (Å²) in [6.45, 7) is 7.24. The van der Waals surface area contributed by atoms with E-state index in [2.05, 4.69) is 0 Å². The van der Waals surface area contributed by atoms with Gasteiger partial charge in [-0.15, -0.1) is 0 Å². The first-order valence-electron chi connectivity index (χ1n) is 7.83. The van der Waals surface area contributed by atoms with Gasteiger partial charge in [0.05, 0.1) is 18.8 Å². The highest BCUT2D eigenvalue weighted by Crippen LogP contribution is 2.32. The highest BCUT2D eigenvalue weighted by Gasteiger charge is 2.29. The molecule has 1 N–H and O–H groups in total. The lowest BCUT2D eigenvalue weighted by molar-refractivity contribution is -0.123. The van der Waals surface area contributed by atoms with E-state index in [-0.39, 0.29) is 12.7 Å². The standard InChI is InChI=1S/C18H24O6/c1-11(2)23-16(18(3,4)20)10-22-15-9-13-12(8-14(15)21-5)6-7-17(19)24-13/h6-9,11,16,20H,10H2,1-5H3. The van der Waals surface area contributed by atoms with Gasteiger partial charge < -0.3 is 23.7 Å². The maximum atomic E-state index is 11.4. The average molecular weight is 336 g/mol. The Morgan fingerprint density at radius 3 is 2.50 bits per heavy atom. The second-order valence-corrected chi connectivity index (χ2v) is 6.43. The molecule has 0 aliphatic rings. The van der Waals surface area contributed by atoms with E-state index in [1.807, 2.05) is 13.8 Å². The van der Waals surface area contributed by atoms with Crippen LogP contribution >= 0.6 is 0 Å². The lowest BCUT2D eigenvalue weighted by Crippen LogP contribution is -2.43. The van der Waals surface area contributed by atoms with Crippen LogP contribution in [0.3, 0.4) is 0 Å². The normalized spacial score (nSPS) is 13.3. The highest BCUT2D eigenvalue weighted by molar-refractivity contribution is 5.80. The summed E-state index contributed by atoms with van der Waals surface area (Å²) in [5.41, 5.74) is -1.10. The molecular formula is C18H24O6. The van der Waals surface area contributed by atoms with Crippen LogP contribution in [0.1, 0.15) is 27.7 Å². The van der Waals surface area contributed by atoms with Gasteiger partial charge in [0.2, 0.25) is 0 Å². The second kappa shape index (κ2) is 7.23. The summed E-state index contributed by atoms with van der Waals surface area (Å²) in [5, 5.41) is 11.0. The molecule has 0 aliphatic carbocycles. The fraction of sp³-hybridized carbons (Fsp3) is 0.500. The third-order valence-electron chi connectivity index (χ3n) is 3.52. The summed E-state index contributed by atoms with van der Waals surface area (Å²) >= 11 is 0. The number of hydrogen-bond acceptors (Lipinski definition) is 6. The molecule has 1 unspecified atom stereocenters. The summed E-state index contributed by atoms with van der Waals surface area (Å²) in [7, 11) is 1.53. The van der Waals surface area contributed by atoms with E-state index in [0.29, 0.717) is 17.1 Å². The summed E-state index contributed by atoms with van der Waals surface area (Å²) in [6, 6.07) is 6.35. The number of benzene rings is 1. The molecule has 24 heavy (non-hydrogen) atoms. The monoisotopic (exact) mass is 336 g/mol. The molecule has 6 nitrogen and oxygen atoms in total. The van der Waals surface area contributed by atoms with E-state index in [4.69, 9.17) is 18.6 Å². The first-order chi connectivity index (χ1) is 11.2. The van der Waals surface area contributed by atoms with Crippen molar-refractivity contribution in [2.45, 2.75) is 45.5 Å². The minimum atomic E-state index is -1.07. The van der Waals surface area contributed by atoms with E-state index in [1.54, 1.807) is 32.0 Å². The molecule has 1 atom stereocenters. The molecule has 2 aromatic rings. The van der Waals surface area contributed by atoms with Crippen LogP contribution in [0.25, 0.3) is 11.0 Å². The number of rotatable bonds is 7. The molecule has 0 fully saturated rings. The molecule has 0 bridgehead atoms. The predicted molar refractivity (Wildman–Crippen MR) is 90.8 cm³/mol. The van der Waals surface area contributed by atoms with Crippen LogP contribution < -0.4 is 15.1 Å². The number of ether oxygens (including phenoxy) is 3. The van der Waals surface area contributed by atoms with Crippen molar-refractivity contribution in [1.29, 1.82) is 0 Å². The molecule has 0 amide bonds. The van der Waals surface area contributed by atoms with Gasteiger partial charge in [0, 0.05) is 17.5 Å². The Labute approximate surface area is 140 Å². The Kier molecular flexibility index (Phi) is 5.51. The van der Waals surface area contributed by atoms with Gasteiger partial charge >= 0.3 is 5.63 Å². The molecule has 1 aromatic heterocycles. The van der Waals surface area contributed by atoms with E-state index in [0.717, 1.165) is 5.39 Å². The zero-order valence-electron chi connectivity index (χ0n) is 14.7. The van der Waals surface area contributed by atoms with Gasteiger partial charge in [-0.05, 0) is 39.8 Å². The van der Waals surface area contributed by atoms with Crippen molar-refractivity contribution in [1.82, 2.24) is 0 Å². The lowest BCUT2D eigenvalue weighted by atomic mass is 10.0. The molecule has 0 saturated carbocycles. The van der Waals surface area contributed by atoms with Gasteiger partial charge in [0.25, 0.3) is 0 Å². The van der Waals surface area contributed by atoms with Gasteiger partial charge in [-0.2, -0.15) is 0 Å². The maximum Gasteiger partial charge on any atom is 0.336 e. The van der Waals surface area contributed by atoms with Gasteiger partial charge in [-0.3, -0.25) is 0 Å². The largest absolute Gasteiger partial charge is 0.493 e. The Morgan fingerprint density at radius 1 is 1.21 bits per heavy atom. The molecule has 1 heterocycles. The predicted octanol–water partition coefficient (Wildman–Crippen LogP) is 2.74. The fourth-order valence-corrected chi connectivity index (χ4v) is 2.25. The van der Waals surface area contributed by atoms with E-state index in [1.165, 1.54) is 13.2 Å². The minimum absolute atomic E-state index is 0.0541. The molecule has 1 aromatic carbocycles. The molecule has 0 spiro atoms. The summed E-state index contributed by atoms with van der Waals surface area (Å²) in [5.74, 6) is 0.927. The summed E-state index contributed by atoms with van der Waals surface area (Å²) < 4.78 is 22.0. The number of methoxy groups -OCH3 is 1. The van der Waals surface area contributed by atoms with Crippen LogP contribution in [0.15, 0.2) is 33.5 Å². The molecule has 2 rings (SSSR count). The molecule has 6 heteroatoms. The van der Waals surface area contributed by atoms with Crippen LogP contribution in [0.4, 0.5) is 0 Å². The number of aliphatic hydroxyl groups is 1.